The number of fused-ring (bicyclic) bond motifs is 1. The molecule has 1 N–H and O–H groups in total. The van der Waals surface area contributed by atoms with Gasteiger partial charge in [-0.25, -0.2) is 0 Å². The number of nitrogens with zero attached hydrogens (tertiary/aromatic N) is 2. The molecule has 1 saturated carbocycles. The van der Waals surface area contributed by atoms with Gasteiger partial charge in [-0.05, 0) is 49.9 Å². The Morgan fingerprint density at radius 2 is 1.76 bits per heavy atom. The summed E-state index contributed by atoms with van der Waals surface area (Å²) in [5.74, 6) is -1.40. The van der Waals surface area contributed by atoms with Gasteiger partial charge in [-0.2, -0.15) is 26.3 Å². The standard InChI is InChI=1S/C26H25F6N3O2/c1-3-14(2)35-20-7-5-4-6-18(20)22(15-8-9-15)34-23(24(35)37)33-21(36)12-16-10-11-17(25(27,28)29)13-19(16)26(30,31)32/h4-7,10-11,13-15,23H,3,8-9,12H2,1-2H3,(H,33,36)/t14-,23-/m1/s1. The van der Waals surface area contributed by atoms with Crippen molar-refractivity contribution in [2.75, 3.05) is 4.90 Å². The number of alkyl halides is 6. The summed E-state index contributed by atoms with van der Waals surface area (Å²) >= 11 is 0. The number of benzodiazepines with no additional fused rings is 1. The number of carbonyl (C=O) groups is 2. The molecule has 1 aliphatic carbocycles. The highest BCUT2D eigenvalue weighted by Crippen LogP contribution is 2.39. The van der Waals surface area contributed by atoms with Crippen LogP contribution >= 0.6 is 0 Å². The third-order valence-electron chi connectivity index (χ3n) is 6.57. The van der Waals surface area contributed by atoms with Gasteiger partial charge in [0.05, 0.1) is 28.9 Å². The summed E-state index contributed by atoms with van der Waals surface area (Å²) in [6, 6.07) is 8.11. The molecule has 2 aromatic carbocycles. The smallest absolute Gasteiger partial charge is 0.326 e. The van der Waals surface area contributed by atoms with E-state index in [0.717, 1.165) is 18.4 Å². The summed E-state index contributed by atoms with van der Waals surface area (Å²) in [6.45, 7) is 3.73. The van der Waals surface area contributed by atoms with E-state index in [-0.39, 0.29) is 18.0 Å². The molecule has 1 heterocycles. The minimum atomic E-state index is -5.11. The second-order valence-electron chi connectivity index (χ2n) is 9.29. The first-order valence-electron chi connectivity index (χ1n) is 11.9. The molecule has 0 saturated heterocycles. The molecule has 0 bridgehead atoms. The van der Waals surface area contributed by atoms with Crippen molar-refractivity contribution in [3.63, 3.8) is 0 Å². The van der Waals surface area contributed by atoms with E-state index in [1.807, 2.05) is 26.0 Å². The van der Waals surface area contributed by atoms with E-state index >= 15 is 0 Å². The second-order valence-corrected chi connectivity index (χ2v) is 9.29. The Bertz CT molecular complexity index is 1230. The van der Waals surface area contributed by atoms with Crippen LogP contribution in [0.2, 0.25) is 0 Å². The van der Waals surface area contributed by atoms with E-state index in [4.69, 9.17) is 0 Å². The Morgan fingerprint density at radius 1 is 1.08 bits per heavy atom. The van der Waals surface area contributed by atoms with Crippen molar-refractivity contribution in [1.82, 2.24) is 5.32 Å². The molecule has 2 aliphatic rings. The maximum absolute atomic E-state index is 13.6. The second kappa shape index (κ2) is 9.83. The lowest BCUT2D eigenvalue weighted by molar-refractivity contribution is -0.143. The minimum Gasteiger partial charge on any atom is -0.326 e. The van der Waals surface area contributed by atoms with E-state index < -0.39 is 53.4 Å². The van der Waals surface area contributed by atoms with Crippen molar-refractivity contribution in [2.24, 2.45) is 10.9 Å². The first kappa shape index (κ1) is 26.7. The zero-order chi connectivity index (χ0) is 27.1. The van der Waals surface area contributed by atoms with Crippen LogP contribution in [0.15, 0.2) is 47.5 Å². The molecular weight excluding hydrogens is 500 g/mol. The number of benzene rings is 2. The molecule has 2 amide bonds. The zero-order valence-corrected chi connectivity index (χ0v) is 20.1. The summed E-state index contributed by atoms with van der Waals surface area (Å²) in [5, 5.41) is 2.43. The highest BCUT2D eigenvalue weighted by Gasteiger charge is 2.40. The van der Waals surface area contributed by atoms with Crippen LogP contribution < -0.4 is 10.2 Å². The van der Waals surface area contributed by atoms with Crippen LogP contribution in [0.5, 0.6) is 0 Å². The number of amides is 2. The monoisotopic (exact) mass is 525 g/mol. The molecule has 4 rings (SSSR count). The molecule has 0 radical (unpaired) electrons. The summed E-state index contributed by atoms with van der Waals surface area (Å²) in [5.41, 5.74) is -1.61. The average Bonchev–Trinajstić information content (AvgIpc) is 3.66. The number of nitrogens with one attached hydrogen (secondary N) is 1. The van der Waals surface area contributed by atoms with Gasteiger partial charge < -0.3 is 10.2 Å². The molecule has 0 aromatic heterocycles. The van der Waals surface area contributed by atoms with Crippen molar-refractivity contribution in [3.05, 3.63) is 64.7 Å². The minimum absolute atomic E-state index is 0.00985. The number of anilines is 1. The molecule has 198 valence electrons. The van der Waals surface area contributed by atoms with Gasteiger partial charge in [0.1, 0.15) is 0 Å². The fourth-order valence-corrected chi connectivity index (χ4v) is 4.38. The fraction of sp³-hybridized carbons (Fsp3) is 0.423. The number of para-hydroxylation sites is 1. The maximum atomic E-state index is 13.6. The van der Waals surface area contributed by atoms with Gasteiger partial charge in [-0.15, -0.1) is 0 Å². The predicted octanol–water partition coefficient (Wildman–Crippen LogP) is 5.75. The molecule has 2 aromatic rings. The number of halogens is 6. The highest BCUT2D eigenvalue weighted by atomic mass is 19.4. The molecule has 1 aliphatic heterocycles. The first-order valence-corrected chi connectivity index (χ1v) is 11.9. The summed E-state index contributed by atoms with van der Waals surface area (Å²) in [4.78, 5) is 32.5. The first-order chi connectivity index (χ1) is 17.3. The molecule has 0 spiro atoms. The Balaban J connectivity index is 1.66. The molecule has 37 heavy (non-hydrogen) atoms. The molecule has 11 heteroatoms. The van der Waals surface area contributed by atoms with E-state index in [9.17, 15) is 35.9 Å². The predicted molar refractivity (Wildman–Crippen MR) is 125 cm³/mol. The molecule has 5 nitrogen and oxygen atoms in total. The third-order valence-corrected chi connectivity index (χ3v) is 6.57. The fourth-order valence-electron chi connectivity index (χ4n) is 4.38. The van der Waals surface area contributed by atoms with Gasteiger partial charge in [-0.1, -0.05) is 31.2 Å². The zero-order valence-electron chi connectivity index (χ0n) is 20.1. The quantitative estimate of drug-likeness (QED) is 0.488. The lowest BCUT2D eigenvalue weighted by Gasteiger charge is -2.30. The van der Waals surface area contributed by atoms with Crippen LogP contribution in [0, 0.1) is 5.92 Å². The van der Waals surface area contributed by atoms with E-state index in [2.05, 4.69) is 10.3 Å². The van der Waals surface area contributed by atoms with Gasteiger partial charge in [-0.3, -0.25) is 14.6 Å². The third kappa shape index (κ3) is 5.65. The lowest BCUT2D eigenvalue weighted by Crippen LogP contribution is -2.50. The number of hydrogen-bond donors (Lipinski definition) is 1. The Labute approximate surface area is 209 Å². The topological polar surface area (TPSA) is 61.8 Å². The number of carbonyl (C=O) groups excluding carboxylic acids is 2. The molecular formula is C26H25F6N3O2. The van der Waals surface area contributed by atoms with Crippen LogP contribution in [0.4, 0.5) is 32.0 Å². The van der Waals surface area contributed by atoms with Crippen LogP contribution in [0.25, 0.3) is 0 Å². The van der Waals surface area contributed by atoms with Gasteiger partial charge >= 0.3 is 12.4 Å². The summed E-state index contributed by atoms with van der Waals surface area (Å²) in [7, 11) is 0. The highest BCUT2D eigenvalue weighted by molar-refractivity contribution is 6.14. The van der Waals surface area contributed by atoms with Crippen molar-refractivity contribution in [1.29, 1.82) is 0 Å². The van der Waals surface area contributed by atoms with Crippen LogP contribution in [0.3, 0.4) is 0 Å². The molecule has 0 unspecified atom stereocenters. The normalized spacial score (nSPS) is 19.1. The van der Waals surface area contributed by atoms with Gasteiger partial charge in [0.2, 0.25) is 12.1 Å². The Kier molecular flexibility index (Phi) is 7.09. The van der Waals surface area contributed by atoms with Crippen LogP contribution in [0.1, 0.15) is 55.4 Å². The molecule has 2 atom stereocenters. The number of aliphatic imine (C=N–C) groups is 1. The van der Waals surface area contributed by atoms with E-state index in [1.54, 1.807) is 17.0 Å². The van der Waals surface area contributed by atoms with Gasteiger partial charge in [0, 0.05) is 17.5 Å². The van der Waals surface area contributed by atoms with Gasteiger partial charge in [0.25, 0.3) is 5.91 Å². The van der Waals surface area contributed by atoms with Crippen LogP contribution in [-0.2, 0) is 28.4 Å². The number of rotatable bonds is 6. The SMILES string of the molecule is CC[C@@H](C)N1C(=O)[C@H](NC(=O)Cc2ccc(C(F)(F)F)cc2C(F)(F)F)N=C(C2CC2)c2ccccc21. The summed E-state index contributed by atoms with van der Waals surface area (Å²) < 4.78 is 79.6. The average molecular weight is 525 g/mol. The van der Waals surface area contributed by atoms with Crippen LogP contribution in [-0.4, -0.2) is 29.7 Å². The molecule has 1 fully saturated rings. The maximum Gasteiger partial charge on any atom is 0.416 e. The van der Waals surface area contributed by atoms with Crippen molar-refractivity contribution in [2.45, 2.75) is 64.1 Å². The van der Waals surface area contributed by atoms with E-state index in [0.29, 0.717) is 30.0 Å². The van der Waals surface area contributed by atoms with Crippen molar-refractivity contribution < 1.29 is 35.9 Å². The largest absolute Gasteiger partial charge is 0.416 e. The lowest BCUT2D eigenvalue weighted by atomic mass is 10.00. The Morgan fingerprint density at radius 3 is 2.35 bits per heavy atom. The number of hydrogen-bond acceptors (Lipinski definition) is 3. The van der Waals surface area contributed by atoms with Gasteiger partial charge in [0.15, 0.2) is 0 Å². The Hall–Kier alpha value is -3.37. The van der Waals surface area contributed by atoms with E-state index in [1.165, 1.54) is 0 Å². The van der Waals surface area contributed by atoms with Crippen molar-refractivity contribution >= 4 is 23.2 Å². The van der Waals surface area contributed by atoms with Crippen molar-refractivity contribution in [3.8, 4) is 0 Å². The summed E-state index contributed by atoms with van der Waals surface area (Å²) in [6.07, 6.45) is -10.0.